The predicted molar refractivity (Wildman–Crippen MR) is 105 cm³/mol. The van der Waals surface area contributed by atoms with Gasteiger partial charge in [-0.15, -0.1) is 6.58 Å². The van der Waals surface area contributed by atoms with Gasteiger partial charge in [-0.25, -0.2) is 4.39 Å². The van der Waals surface area contributed by atoms with E-state index in [1.807, 2.05) is 12.1 Å². The second kappa shape index (κ2) is 8.47. The smallest absolute Gasteiger partial charge is 0.126 e. The van der Waals surface area contributed by atoms with Crippen LogP contribution in [-0.4, -0.2) is 0 Å². The zero-order valence-corrected chi connectivity index (χ0v) is 15.4. The Hall–Kier alpha value is -1.89. The molecule has 1 unspecified atom stereocenters. The van der Waals surface area contributed by atoms with Gasteiger partial charge in [-0.1, -0.05) is 49.8 Å². The van der Waals surface area contributed by atoms with Gasteiger partial charge in [-0.2, -0.15) is 0 Å². The molecule has 0 spiro atoms. The molecule has 2 aromatic rings. The number of benzene rings is 2. The van der Waals surface area contributed by atoms with E-state index >= 15 is 0 Å². The van der Waals surface area contributed by atoms with E-state index in [0.717, 1.165) is 43.2 Å². The van der Waals surface area contributed by atoms with Crippen LogP contribution in [0, 0.1) is 5.82 Å². The van der Waals surface area contributed by atoms with Crippen molar-refractivity contribution >= 4 is 0 Å². The third kappa shape index (κ3) is 4.39. The lowest BCUT2D eigenvalue weighted by Gasteiger charge is -2.26. The molecule has 0 N–H and O–H groups in total. The van der Waals surface area contributed by atoms with Gasteiger partial charge >= 0.3 is 0 Å². The molecule has 1 aliphatic rings. The predicted octanol–water partition coefficient (Wildman–Crippen LogP) is 6.56. The molecule has 2 aromatic carbocycles. The number of allylic oxidation sites excluding steroid dienone is 1. The standard InChI is InChI=1S/C24H29F/c1-3-5-7-18-9-11-21-17-22(13-12-20(21)15-18)23-14-10-19(8-6-4-2)16-24(23)25/h4,9-11,14-16,22H,2-3,5-8,12-13,17H2,1H3. The Balaban J connectivity index is 1.73. The van der Waals surface area contributed by atoms with E-state index in [0.29, 0.717) is 5.92 Å². The fourth-order valence-electron chi connectivity index (χ4n) is 3.94. The van der Waals surface area contributed by atoms with Crippen LogP contribution in [0.15, 0.2) is 49.1 Å². The quantitative estimate of drug-likeness (QED) is 0.502. The van der Waals surface area contributed by atoms with Crippen LogP contribution in [0.2, 0.25) is 0 Å². The average molecular weight is 336 g/mol. The summed E-state index contributed by atoms with van der Waals surface area (Å²) >= 11 is 0. The lowest BCUT2D eigenvalue weighted by atomic mass is 9.79. The van der Waals surface area contributed by atoms with Gasteiger partial charge in [0.2, 0.25) is 0 Å². The highest BCUT2D eigenvalue weighted by atomic mass is 19.1. The molecule has 132 valence electrons. The van der Waals surface area contributed by atoms with E-state index < -0.39 is 0 Å². The molecule has 0 saturated carbocycles. The third-order valence-corrected chi connectivity index (χ3v) is 5.46. The first-order chi connectivity index (χ1) is 12.2. The molecule has 0 nitrogen and oxygen atoms in total. The summed E-state index contributed by atoms with van der Waals surface area (Å²) in [6.45, 7) is 5.98. The monoisotopic (exact) mass is 336 g/mol. The highest BCUT2D eigenvalue weighted by Gasteiger charge is 2.22. The molecule has 0 saturated heterocycles. The van der Waals surface area contributed by atoms with Crippen molar-refractivity contribution in [3.63, 3.8) is 0 Å². The van der Waals surface area contributed by atoms with Gasteiger partial charge in [0.1, 0.15) is 5.82 Å². The van der Waals surface area contributed by atoms with Gasteiger partial charge in [0.25, 0.3) is 0 Å². The first kappa shape index (κ1) is 17.9. The second-order valence-corrected chi connectivity index (χ2v) is 7.33. The topological polar surface area (TPSA) is 0 Å². The number of unbranched alkanes of at least 4 members (excludes halogenated alkanes) is 1. The summed E-state index contributed by atoms with van der Waals surface area (Å²) in [6.07, 6.45) is 10.4. The summed E-state index contributed by atoms with van der Waals surface area (Å²) in [5, 5.41) is 0. The van der Waals surface area contributed by atoms with Crippen LogP contribution in [-0.2, 0) is 25.7 Å². The molecule has 0 amide bonds. The summed E-state index contributed by atoms with van der Waals surface area (Å²) in [5.74, 6) is 0.275. The van der Waals surface area contributed by atoms with Gasteiger partial charge in [-0.05, 0) is 84.7 Å². The maximum atomic E-state index is 14.6. The number of hydrogen-bond donors (Lipinski definition) is 0. The molecule has 1 atom stereocenters. The maximum absolute atomic E-state index is 14.6. The van der Waals surface area contributed by atoms with Crippen LogP contribution in [0.4, 0.5) is 4.39 Å². The minimum absolute atomic E-state index is 0.0328. The largest absolute Gasteiger partial charge is 0.207 e. The first-order valence-corrected chi connectivity index (χ1v) is 9.71. The Labute approximate surface area is 151 Å². The minimum atomic E-state index is -0.0328. The fourth-order valence-corrected chi connectivity index (χ4v) is 3.94. The number of aryl methyl sites for hydroxylation is 3. The van der Waals surface area contributed by atoms with Gasteiger partial charge in [-0.3, -0.25) is 0 Å². The molecule has 0 fully saturated rings. The number of fused-ring (bicyclic) bond motifs is 1. The zero-order chi connectivity index (χ0) is 17.6. The van der Waals surface area contributed by atoms with Crippen LogP contribution >= 0.6 is 0 Å². The lowest BCUT2D eigenvalue weighted by Crippen LogP contribution is -2.14. The molecule has 0 heterocycles. The number of hydrogen-bond acceptors (Lipinski definition) is 0. The highest BCUT2D eigenvalue weighted by molar-refractivity contribution is 5.38. The van der Waals surface area contributed by atoms with Crippen molar-refractivity contribution in [2.75, 3.05) is 0 Å². The Bertz CT molecular complexity index is 729. The summed E-state index contributed by atoms with van der Waals surface area (Å²) in [4.78, 5) is 0. The van der Waals surface area contributed by atoms with Crippen LogP contribution in [0.25, 0.3) is 0 Å². The molecule has 0 aromatic heterocycles. The van der Waals surface area contributed by atoms with Gasteiger partial charge < -0.3 is 0 Å². The van der Waals surface area contributed by atoms with Crippen molar-refractivity contribution in [1.29, 1.82) is 0 Å². The molecule has 0 bridgehead atoms. The lowest BCUT2D eigenvalue weighted by molar-refractivity contribution is 0.532. The molecular formula is C24H29F. The number of halogens is 1. The molecule has 3 rings (SSSR count). The van der Waals surface area contributed by atoms with Crippen molar-refractivity contribution in [2.45, 2.75) is 64.2 Å². The summed E-state index contributed by atoms with van der Waals surface area (Å²) < 4.78 is 14.6. The molecular weight excluding hydrogens is 307 g/mol. The van der Waals surface area contributed by atoms with Gasteiger partial charge in [0.05, 0.1) is 0 Å². The summed E-state index contributed by atoms with van der Waals surface area (Å²) in [6, 6.07) is 12.8. The van der Waals surface area contributed by atoms with E-state index in [4.69, 9.17) is 0 Å². The molecule has 0 aliphatic heterocycles. The Morgan fingerprint density at radius 1 is 1.08 bits per heavy atom. The molecule has 0 radical (unpaired) electrons. The zero-order valence-electron chi connectivity index (χ0n) is 15.4. The van der Waals surface area contributed by atoms with Crippen molar-refractivity contribution in [3.8, 4) is 0 Å². The molecule has 25 heavy (non-hydrogen) atoms. The molecule has 1 aliphatic carbocycles. The Morgan fingerprint density at radius 2 is 1.88 bits per heavy atom. The van der Waals surface area contributed by atoms with E-state index in [9.17, 15) is 4.39 Å². The van der Waals surface area contributed by atoms with Crippen molar-refractivity contribution in [3.05, 3.63) is 82.7 Å². The summed E-state index contributed by atoms with van der Waals surface area (Å²) in [5.41, 5.74) is 6.30. The van der Waals surface area contributed by atoms with Crippen molar-refractivity contribution in [2.24, 2.45) is 0 Å². The minimum Gasteiger partial charge on any atom is -0.207 e. The first-order valence-electron chi connectivity index (χ1n) is 9.71. The fraction of sp³-hybridized carbons (Fsp3) is 0.417. The van der Waals surface area contributed by atoms with Crippen LogP contribution in [0.1, 0.15) is 66.3 Å². The van der Waals surface area contributed by atoms with Gasteiger partial charge in [0, 0.05) is 0 Å². The van der Waals surface area contributed by atoms with Crippen LogP contribution < -0.4 is 0 Å². The van der Waals surface area contributed by atoms with E-state index in [1.165, 1.54) is 36.0 Å². The van der Waals surface area contributed by atoms with E-state index in [-0.39, 0.29) is 5.82 Å². The Kier molecular flexibility index (Phi) is 6.07. The maximum Gasteiger partial charge on any atom is 0.126 e. The van der Waals surface area contributed by atoms with Gasteiger partial charge in [0.15, 0.2) is 0 Å². The molecule has 1 heteroatoms. The summed E-state index contributed by atoms with van der Waals surface area (Å²) in [7, 11) is 0. The van der Waals surface area contributed by atoms with Crippen molar-refractivity contribution < 1.29 is 4.39 Å². The van der Waals surface area contributed by atoms with E-state index in [2.05, 4.69) is 37.8 Å². The third-order valence-electron chi connectivity index (χ3n) is 5.46. The average Bonchev–Trinajstić information content (AvgIpc) is 2.64. The number of rotatable bonds is 7. The van der Waals surface area contributed by atoms with Crippen LogP contribution in [0.5, 0.6) is 0 Å². The Morgan fingerprint density at radius 3 is 2.64 bits per heavy atom. The van der Waals surface area contributed by atoms with Crippen molar-refractivity contribution in [1.82, 2.24) is 0 Å². The van der Waals surface area contributed by atoms with E-state index in [1.54, 1.807) is 6.07 Å². The normalized spacial score (nSPS) is 16.5. The van der Waals surface area contributed by atoms with Crippen LogP contribution in [0.3, 0.4) is 0 Å². The second-order valence-electron chi connectivity index (χ2n) is 7.33. The SMILES string of the molecule is C=CCCc1ccc(C2CCc3cc(CCCC)ccc3C2)c(F)c1. The highest BCUT2D eigenvalue weighted by Crippen LogP contribution is 2.34.